The van der Waals surface area contributed by atoms with Crippen LogP contribution in [0.2, 0.25) is 10.0 Å². The molecule has 0 saturated heterocycles. The molecule has 0 bridgehead atoms. The molecule has 6 nitrogen and oxygen atoms in total. The van der Waals surface area contributed by atoms with Crippen molar-refractivity contribution in [3.05, 3.63) is 57.6 Å². The molecule has 0 aliphatic rings. The quantitative estimate of drug-likeness (QED) is 0.637. The third kappa shape index (κ3) is 5.08. The van der Waals surface area contributed by atoms with E-state index < -0.39 is 11.9 Å². The number of hydrogen-bond donors (Lipinski definition) is 3. The summed E-state index contributed by atoms with van der Waals surface area (Å²) in [5, 5.41) is 14.5. The summed E-state index contributed by atoms with van der Waals surface area (Å²) in [6, 6.07) is 9.09. The maximum atomic E-state index is 12.2. The number of halogens is 2. The first-order valence-corrected chi connectivity index (χ1v) is 8.55. The molecule has 0 spiro atoms. The Morgan fingerprint density at radius 1 is 1.19 bits per heavy atom. The lowest BCUT2D eigenvalue weighted by Crippen LogP contribution is -2.34. The van der Waals surface area contributed by atoms with Crippen molar-refractivity contribution in [1.29, 1.82) is 0 Å². The van der Waals surface area contributed by atoms with Crippen LogP contribution in [0.3, 0.4) is 0 Å². The summed E-state index contributed by atoms with van der Waals surface area (Å²) in [4.78, 5) is 23.6. The van der Waals surface area contributed by atoms with E-state index in [9.17, 15) is 14.7 Å². The Bertz CT molecular complexity index is 857. The van der Waals surface area contributed by atoms with Gasteiger partial charge < -0.3 is 15.2 Å². The van der Waals surface area contributed by atoms with E-state index in [4.69, 9.17) is 40.2 Å². The molecule has 9 heteroatoms. The molecular weight excluding hydrogens is 399 g/mol. The van der Waals surface area contributed by atoms with Crippen molar-refractivity contribution in [2.45, 2.75) is 6.92 Å². The lowest BCUT2D eigenvalue weighted by Gasteiger charge is -2.14. The SMILES string of the molecule is CCOc1ccc(C(=O)NC(=S)Nc2c(Cl)cc(Cl)cc2C(=O)O)cc1. The number of carboxylic acid groups (broad SMARTS) is 1. The van der Waals surface area contributed by atoms with E-state index in [1.807, 2.05) is 6.92 Å². The van der Waals surface area contributed by atoms with E-state index in [0.29, 0.717) is 17.9 Å². The van der Waals surface area contributed by atoms with Crippen molar-refractivity contribution in [2.24, 2.45) is 0 Å². The number of hydrogen-bond acceptors (Lipinski definition) is 4. The smallest absolute Gasteiger partial charge is 0.337 e. The van der Waals surface area contributed by atoms with Gasteiger partial charge in [-0.1, -0.05) is 23.2 Å². The van der Waals surface area contributed by atoms with Crippen LogP contribution >= 0.6 is 35.4 Å². The number of carboxylic acids is 1. The Balaban J connectivity index is 2.11. The molecule has 0 saturated carbocycles. The normalized spacial score (nSPS) is 10.1. The predicted octanol–water partition coefficient (Wildman–Crippen LogP) is 4.22. The molecule has 0 fully saturated rings. The number of anilines is 1. The fourth-order valence-corrected chi connectivity index (χ4v) is 2.79. The van der Waals surface area contributed by atoms with E-state index in [2.05, 4.69) is 10.6 Å². The lowest BCUT2D eigenvalue weighted by molar-refractivity contribution is 0.0697. The van der Waals surface area contributed by atoms with Crippen LogP contribution < -0.4 is 15.4 Å². The topological polar surface area (TPSA) is 87.7 Å². The van der Waals surface area contributed by atoms with Gasteiger partial charge in [-0.2, -0.15) is 0 Å². The van der Waals surface area contributed by atoms with Crippen LogP contribution in [0.25, 0.3) is 0 Å². The van der Waals surface area contributed by atoms with Gasteiger partial charge in [0.25, 0.3) is 5.91 Å². The molecule has 0 atom stereocenters. The summed E-state index contributed by atoms with van der Waals surface area (Å²) >= 11 is 16.9. The minimum absolute atomic E-state index is 0.0422. The Labute approximate surface area is 165 Å². The molecule has 2 aromatic rings. The first-order chi connectivity index (χ1) is 12.3. The molecule has 0 unspecified atom stereocenters. The van der Waals surface area contributed by atoms with Crippen molar-refractivity contribution in [3.63, 3.8) is 0 Å². The summed E-state index contributed by atoms with van der Waals surface area (Å²) in [5.41, 5.74) is 0.235. The first kappa shape index (κ1) is 20.0. The summed E-state index contributed by atoms with van der Waals surface area (Å²) in [5.74, 6) is -1.06. The monoisotopic (exact) mass is 412 g/mol. The van der Waals surface area contributed by atoms with Gasteiger partial charge >= 0.3 is 5.97 Å². The second-order valence-corrected chi connectivity index (χ2v) is 6.23. The van der Waals surface area contributed by atoms with Gasteiger partial charge in [0.15, 0.2) is 5.11 Å². The van der Waals surface area contributed by atoms with Crippen LogP contribution in [0.4, 0.5) is 5.69 Å². The molecule has 0 aromatic heterocycles. The van der Waals surface area contributed by atoms with Crippen LogP contribution in [0, 0.1) is 0 Å². The summed E-state index contributed by atoms with van der Waals surface area (Å²) < 4.78 is 5.31. The molecule has 1 amide bonds. The van der Waals surface area contributed by atoms with Gasteiger partial charge in [-0.3, -0.25) is 10.1 Å². The fourth-order valence-electron chi connectivity index (χ4n) is 2.06. The Morgan fingerprint density at radius 2 is 1.85 bits per heavy atom. The van der Waals surface area contributed by atoms with Crippen LogP contribution in [0.15, 0.2) is 36.4 Å². The average molecular weight is 413 g/mol. The van der Waals surface area contributed by atoms with Crippen molar-refractivity contribution in [1.82, 2.24) is 5.32 Å². The summed E-state index contributed by atoms with van der Waals surface area (Å²) in [7, 11) is 0. The maximum absolute atomic E-state index is 12.2. The predicted molar refractivity (Wildman–Crippen MR) is 105 cm³/mol. The Morgan fingerprint density at radius 3 is 2.42 bits per heavy atom. The van der Waals surface area contributed by atoms with Crippen LogP contribution in [0.1, 0.15) is 27.6 Å². The molecule has 2 aromatic carbocycles. The Kier molecular flexibility index (Phi) is 6.79. The van der Waals surface area contributed by atoms with E-state index in [1.54, 1.807) is 24.3 Å². The number of benzene rings is 2. The lowest BCUT2D eigenvalue weighted by atomic mass is 10.2. The highest BCUT2D eigenvalue weighted by molar-refractivity contribution is 7.80. The molecule has 0 heterocycles. The van der Waals surface area contributed by atoms with Gasteiger partial charge in [0.2, 0.25) is 0 Å². The molecule has 136 valence electrons. The number of aromatic carboxylic acids is 1. The zero-order chi connectivity index (χ0) is 19.3. The second kappa shape index (κ2) is 8.84. The van der Waals surface area contributed by atoms with Gasteiger partial charge in [0.05, 0.1) is 22.9 Å². The molecule has 3 N–H and O–H groups in total. The van der Waals surface area contributed by atoms with Crippen LogP contribution in [-0.2, 0) is 0 Å². The van der Waals surface area contributed by atoms with Crippen molar-refractivity contribution < 1.29 is 19.4 Å². The van der Waals surface area contributed by atoms with Gasteiger partial charge in [0.1, 0.15) is 5.75 Å². The largest absolute Gasteiger partial charge is 0.494 e. The fraction of sp³-hybridized carbons (Fsp3) is 0.118. The van der Waals surface area contributed by atoms with E-state index in [-0.39, 0.29) is 26.4 Å². The molecule has 0 aliphatic carbocycles. The highest BCUT2D eigenvalue weighted by atomic mass is 35.5. The van der Waals surface area contributed by atoms with Crippen LogP contribution in [0.5, 0.6) is 5.75 Å². The molecule has 2 rings (SSSR count). The van der Waals surface area contributed by atoms with Crippen molar-refractivity contribution in [3.8, 4) is 5.75 Å². The standard InChI is InChI=1S/C17H14Cl2N2O4S/c1-2-25-11-5-3-9(4-6-11)15(22)21-17(26)20-14-12(16(23)24)7-10(18)8-13(14)19/h3-8H,2H2,1H3,(H,23,24)(H2,20,21,22,26). The minimum Gasteiger partial charge on any atom is -0.494 e. The summed E-state index contributed by atoms with van der Waals surface area (Å²) in [6.07, 6.45) is 0. The number of ether oxygens (including phenoxy) is 1. The van der Waals surface area contributed by atoms with E-state index >= 15 is 0 Å². The third-order valence-electron chi connectivity index (χ3n) is 3.18. The third-order valence-corrected chi connectivity index (χ3v) is 3.90. The number of thiocarbonyl (C=S) groups is 1. The molecule has 26 heavy (non-hydrogen) atoms. The summed E-state index contributed by atoms with van der Waals surface area (Å²) in [6.45, 7) is 2.38. The first-order valence-electron chi connectivity index (χ1n) is 7.39. The van der Waals surface area contributed by atoms with Gasteiger partial charge in [-0.25, -0.2) is 4.79 Å². The number of rotatable bonds is 5. The van der Waals surface area contributed by atoms with Crippen LogP contribution in [-0.4, -0.2) is 28.7 Å². The highest BCUT2D eigenvalue weighted by Gasteiger charge is 2.17. The number of carbonyl (C=O) groups excluding carboxylic acids is 1. The van der Waals surface area contributed by atoms with Crippen molar-refractivity contribution in [2.75, 3.05) is 11.9 Å². The van der Waals surface area contributed by atoms with Gasteiger partial charge in [-0.05, 0) is 55.5 Å². The maximum Gasteiger partial charge on any atom is 0.337 e. The van der Waals surface area contributed by atoms with E-state index in [0.717, 1.165) is 0 Å². The number of carbonyl (C=O) groups is 2. The Hall–Kier alpha value is -2.35. The zero-order valence-corrected chi connectivity index (χ0v) is 15.8. The van der Waals surface area contributed by atoms with E-state index in [1.165, 1.54) is 12.1 Å². The molecular formula is C17H14Cl2N2O4S. The van der Waals surface area contributed by atoms with Gasteiger partial charge in [-0.15, -0.1) is 0 Å². The minimum atomic E-state index is -1.24. The zero-order valence-electron chi connectivity index (χ0n) is 13.5. The highest BCUT2D eigenvalue weighted by Crippen LogP contribution is 2.30. The van der Waals surface area contributed by atoms with Gasteiger partial charge in [0, 0.05) is 10.6 Å². The molecule has 0 radical (unpaired) electrons. The van der Waals surface area contributed by atoms with Crippen molar-refractivity contribution >= 4 is 58.1 Å². The number of amides is 1. The molecule has 0 aliphatic heterocycles. The number of nitrogens with one attached hydrogen (secondary N) is 2. The average Bonchev–Trinajstić information content (AvgIpc) is 2.57. The second-order valence-electron chi connectivity index (χ2n) is 4.98.